The number of hydrogen-bond acceptors (Lipinski definition) is 3. The van der Waals surface area contributed by atoms with Crippen molar-refractivity contribution in [3.8, 4) is 0 Å². The van der Waals surface area contributed by atoms with Crippen LogP contribution >= 0.6 is 0 Å². The fourth-order valence-corrected chi connectivity index (χ4v) is 3.02. The Morgan fingerprint density at radius 2 is 2.20 bits per heavy atom. The van der Waals surface area contributed by atoms with Crippen LogP contribution in [0, 0.1) is 0 Å². The second-order valence-corrected chi connectivity index (χ2v) is 5.37. The van der Waals surface area contributed by atoms with Crippen LogP contribution in [0.2, 0.25) is 0 Å². The summed E-state index contributed by atoms with van der Waals surface area (Å²) in [7, 11) is 0. The van der Waals surface area contributed by atoms with E-state index in [0.717, 1.165) is 38.0 Å². The van der Waals surface area contributed by atoms with Crippen molar-refractivity contribution in [1.82, 2.24) is 5.32 Å². The van der Waals surface area contributed by atoms with Crippen molar-refractivity contribution in [2.75, 3.05) is 18.0 Å². The number of carbonyl (C=O) groups is 1. The van der Waals surface area contributed by atoms with Crippen LogP contribution < -0.4 is 16.0 Å². The van der Waals surface area contributed by atoms with Gasteiger partial charge in [0, 0.05) is 18.3 Å². The highest BCUT2D eigenvalue weighted by Gasteiger charge is 2.30. The van der Waals surface area contributed by atoms with Crippen LogP contribution in [0.4, 0.5) is 5.69 Å². The van der Waals surface area contributed by atoms with Gasteiger partial charge in [-0.05, 0) is 37.4 Å². The number of rotatable bonds is 6. The molecular weight excluding hydrogens is 250 g/mol. The number of amides is 1. The lowest BCUT2D eigenvalue weighted by Gasteiger charge is -2.39. The molecule has 0 saturated carbocycles. The Kier molecular flexibility index (Phi) is 5.01. The SMILES string of the molecule is CCCNC1CCN(C(CC)C(N)=O)c2ccccc21. The topological polar surface area (TPSA) is 58.4 Å². The van der Waals surface area contributed by atoms with E-state index >= 15 is 0 Å². The van der Waals surface area contributed by atoms with Crippen LogP contribution in [0.15, 0.2) is 24.3 Å². The largest absolute Gasteiger partial charge is 0.368 e. The van der Waals surface area contributed by atoms with Gasteiger partial charge in [-0.2, -0.15) is 0 Å². The van der Waals surface area contributed by atoms with Gasteiger partial charge in [-0.25, -0.2) is 0 Å². The normalized spacial score (nSPS) is 19.5. The molecule has 2 unspecified atom stereocenters. The Labute approximate surface area is 121 Å². The molecule has 1 aliphatic heterocycles. The third-order valence-corrected chi connectivity index (χ3v) is 4.01. The molecule has 1 heterocycles. The first-order chi connectivity index (χ1) is 9.69. The third-order valence-electron chi connectivity index (χ3n) is 4.01. The fraction of sp³-hybridized carbons (Fsp3) is 0.562. The molecule has 0 aliphatic carbocycles. The second-order valence-electron chi connectivity index (χ2n) is 5.37. The summed E-state index contributed by atoms with van der Waals surface area (Å²) in [6.07, 6.45) is 2.89. The Bertz CT molecular complexity index is 461. The fourth-order valence-electron chi connectivity index (χ4n) is 3.02. The number of anilines is 1. The zero-order chi connectivity index (χ0) is 14.5. The molecule has 110 valence electrons. The van der Waals surface area contributed by atoms with Crippen LogP contribution in [-0.4, -0.2) is 25.0 Å². The number of nitrogens with zero attached hydrogens (tertiary/aromatic N) is 1. The molecule has 1 aromatic rings. The molecule has 1 aromatic carbocycles. The number of nitrogens with one attached hydrogen (secondary N) is 1. The second kappa shape index (κ2) is 6.75. The first kappa shape index (κ1) is 14.9. The minimum absolute atomic E-state index is 0.205. The van der Waals surface area contributed by atoms with Crippen LogP contribution in [0.25, 0.3) is 0 Å². The molecule has 0 aromatic heterocycles. The van der Waals surface area contributed by atoms with E-state index in [2.05, 4.69) is 35.3 Å². The average molecular weight is 275 g/mol. The van der Waals surface area contributed by atoms with Crippen LogP contribution in [-0.2, 0) is 4.79 Å². The van der Waals surface area contributed by atoms with Crippen LogP contribution in [0.3, 0.4) is 0 Å². The Morgan fingerprint density at radius 1 is 1.45 bits per heavy atom. The quantitative estimate of drug-likeness (QED) is 0.837. The Hall–Kier alpha value is -1.55. The molecule has 20 heavy (non-hydrogen) atoms. The average Bonchev–Trinajstić information content (AvgIpc) is 2.46. The van der Waals surface area contributed by atoms with Gasteiger partial charge in [0.05, 0.1) is 0 Å². The van der Waals surface area contributed by atoms with Gasteiger partial charge in [0.25, 0.3) is 0 Å². The van der Waals surface area contributed by atoms with E-state index in [9.17, 15) is 4.79 Å². The lowest BCUT2D eigenvalue weighted by atomic mass is 9.94. The molecule has 3 N–H and O–H groups in total. The van der Waals surface area contributed by atoms with Gasteiger partial charge in [0.2, 0.25) is 5.91 Å². The van der Waals surface area contributed by atoms with E-state index in [-0.39, 0.29) is 11.9 Å². The van der Waals surface area contributed by atoms with E-state index in [0.29, 0.717) is 6.04 Å². The Morgan fingerprint density at radius 3 is 2.85 bits per heavy atom. The highest BCUT2D eigenvalue weighted by atomic mass is 16.1. The first-order valence-corrected chi connectivity index (χ1v) is 7.57. The molecule has 4 nitrogen and oxygen atoms in total. The maximum Gasteiger partial charge on any atom is 0.240 e. The molecule has 0 radical (unpaired) electrons. The molecule has 0 spiro atoms. The molecule has 0 bridgehead atoms. The predicted molar refractivity (Wildman–Crippen MR) is 82.7 cm³/mol. The monoisotopic (exact) mass is 275 g/mol. The summed E-state index contributed by atoms with van der Waals surface area (Å²) in [5.41, 5.74) is 7.99. The summed E-state index contributed by atoms with van der Waals surface area (Å²) in [4.78, 5) is 13.8. The van der Waals surface area contributed by atoms with Gasteiger partial charge < -0.3 is 16.0 Å². The van der Waals surface area contributed by atoms with Gasteiger partial charge >= 0.3 is 0 Å². The lowest BCUT2D eigenvalue weighted by Crippen LogP contribution is -2.48. The zero-order valence-electron chi connectivity index (χ0n) is 12.4. The summed E-state index contributed by atoms with van der Waals surface area (Å²) >= 11 is 0. The summed E-state index contributed by atoms with van der Waals surface area (Å²) in [6.45, 7) is 6.08. The van der Waals surface area contributed by atoms with Crippen molar-refractivity contribution in [2.24, 2.45) is 5.73 Å². The molecule has 2 rings (SSSR count). The lowest BCUT2D eigenvalue weighted by molar-refractivity contribution is -0.119. The van der Waals surface area contributed by atoms with E-state index in [1.807, 2.05) is 13.0 Å². The number of benzene rings is 1. The van der Waals surface area contributed by atoms with Gasteiger partial charge in [-0.3, -0.25) is 4.79 Å². The standard InChI is InChI=1S/C16H25N3O/c1-3-10-18-13-9-11-19(14(4-2)16(17)20)15-8-6-5-7-12(13)15/h5-8,13-14,18H,3-4,9-11H2,1-2H3,(H2,17,20). The molecule has 0 fully saturated rings. The Balaban J connectivity index is 2.28. The third kappa shape index (κ3) is 2.96. The minimum Gasteiger partial charge on any atom is -0.368 e. The summed E-state index contributed by atoms with van der Waals surface area (Å²) < 4.78 is 0. The number of para-hydroxylation sites is 1. The van der Waals surface area contributed by atoms with Crippen molar-refractivity contribution in [3.63, 3.8) is 0 Å². The maximum atomic E-state index is 11.7. The van der Waals surface area contributed by atoms with Gasteiger partial charge in [0.1, 0.15) is 6.04 Å². The summed E-state index contributed by atoms with van der Waals surface area (Å²) in [5.74, 6) is -0.234. The van der Waals surface area contributed by atoms with Gasteiger partial charge in [0.15, 0.2) is 0 Å². The van der Waals surface area contributed by atoms with Crippen molar-refractivity contribution in [2.45, 2.75) is 45.2 Å². The number of carbonyl (C=O) groups excluding carboxylic acids is 1. The van der Waals surface area contributed by atoms with Gasteiger partial charge in [-0.15, -0.1) is 0 Å². The molecule has 1 amide bonds. The minimum atomic E-state index is -0.234. The number of hydrogen-bond donors (Lipinski definition) is 2. The van der Waals surface area contributed by atoms with E-state index in [1.165, 1.54) is 5.56 Å². The molecule has 0 saturated heterocycles. The smallest absolute Gasteiger partial charge is 0.240 e. The van der Waals surface area contributed by atoms with Crippen molar-refractivity contribution in [1.29, 1.82) is 0 Å². The highest BCUT2D eigenvalue weighted by molar-refractivity contribution is 5.84. The first-order valence-electron chi connectivity index (χ1n) is 7.57. The van der Waals surface area contributed by atoms with Crippen molar-refractivity contribution < 1.29 is 4.79 Å². The summed E-state index contributed by atoms with van der Waals surface area (Å²) in [6, 6.07) is 8.52. The predicted octanol–water partition coefficient (Wildman–Crippen LogP) is 2.20. The number of nitrogens with two attached hydrogens (primary N) is 1. The maximum absolute atomic E-state index is 11.7. The van der Waals surface area contributed by atoms with E-state index in [4.69, 9.17) is 5.73 Å². The number of fused-ring (bicyclic) bond motifs is 1. The van der Waals surface area contributed by atoms with Crippen molar-refractivity contribution >= 4 is 11.6 Å². The molecule has 2 atom stereocenters. The van der Waals surface area contributed by atoms with Gasteiger partial charge in [-0.1, -0.05) is 32.0 Å². The van der Waals surface area contributed by atoms with Crippen LogP contribution in [0.1, 0.15) is 44.7 Å². The highest BCUT2D eigenvalue weighted by Crippen LogP contribution is 2.35. The van der Waals surface area contributed by atoms with Crippen molar-refractivity contribution in [3.05, 3.63) is 29.8 Å². The zero-order valence-corrected chi connectivity index (χ0v) is 12.4. The number of primary amides is 1. The van der Waals surface area contributed by atoms with Crippen LogP contribution in [0.5, 0.6) is 0 Å². The molecule has 4 heteroatoms. The van der Waals surface area contributed by atoms with E-state index < -0.39 is 0 Å². The molecular formula is C16H25N3O. The molecule has 1 aliphatic rings. The van der Waals surface area contributed by atoms with E-state index in [1.54, 1.807) is 0 Å². The summed E-state index contributed by atoms with van der Waals surface area (Å²) in [5, 5.41) is 3.59.